The molecule has 0 spiro atoms. The van der Waals surface area contributed by atoms with Gasteiger partial charge in [0.1, 0.15) is 28.4 Å². The Balaban J connectivity index is 1.83. The first-order valence-corrected chi connectivity index (χ1v) is 15.0. The normalized spacial score (nSPS) is 20.5. The number of phenolic OH excluding ortho intramolecular Hbond substituents is 6. The Bertz CT molecular complexity index is 1620. The number of alkyl halides is 6. The second-order valence-corrected chi connectivity index (χ2v) is 12.4. The highest BCUT2D eigenvalue weighted by atomic mass is 19.4. The fourth-order valence-electron chi connectivity index (χ4n) is 6.65. The number of phenols is 6. The summed E-state index contributed by atoms with van der Waals surface area (Å²) in [5.74, 6) is -12.3. The minimum Gasteiger partial charge on any atom is -0.507 e. The van der Waals surface area contributed by atoms with Gasteiger partial charge in [-0.15, -0.1) is 0 Å². The lowest BCUT2D eigenvalue weighted by Gasteiger charge is -2.48. The van der Waals surface area contributed by atoms with E-state index in [0.717, 1.165) is 11.8 Å². The number of piperidine rings is 1. The molecule has 2 aliphatic heterocycles. The molecule has 278 valence electrons. The molecule has 2 heterocycles. The molecule has 3 amide bonds. The summed E-state index contributed by atoms with van der Waals surface area (Å²) in [5.41, 5.74) is -11.2. The summed E-state index contributed by atoms with van der Waals surface area (Å²) in [4.78, 5) is 30.6. The van der Waals surface area contributed by atoms with E-state index in [1.54, 1.807) is 4.90 Å². The SMILES string of the molecule is CC(=O)N1CCN(C2CCN(C(=O)N(C)C(C)(O)c3c(O)c(C(F)(F)F)c(O)c(C(F)(F)F)c3O)C(c3c(C)c(O)c(F)c(O)c3O)C2)CC1. The molecule has 20 heteroatoms. The van der Waals surface area contributed by atoms with Crippen LogP contribution in [0.2, 0.25) is 0 Å². The smallest absolute Gasteiger partial charge is 0.423 e. The van der Waals surface area contributed by atoms with Crippen molar-refractivity contribution in [2.75, 3.05) is 39.8 Å². The third-order valence-corrected chi connectivity index (χ3v) is 9.49. The van der Waals surface area contributed by atoms with Crippen LogP contribution in [0.15, 0.2) is 0 Å². The lowest BCUT2D eigenvalue weighted by atomic mass is 9.87. The summed E-state index contributed by atoms with van der Waals surface area (Å²) in [6, 6.07) is -3.19. The maximum absolute atomic E-state index is 14.5. The number of nitrogens with zero attached hydrogens (tertiary/aromatic N) is 4. The Kier molecular flexibility index (Phi) is 9.89. The van der Waals surface area contributed by atoms with Gasteiger partial charge in [-0.2, -0.15) is 30.7 Å². The number of hydrogen-bond acceptors (Lipinski definition) is 10. The van der Waals surface area contributed by atoms with Crippen molar-refractivity contribution in [2.45, 2.75) is 63.8 Å². The summed E-state index contributed by atoms with van der Waals surface area (Å²) in [7, 11) is 0.713. The highest BCUT2D eigenvalue weighted by Crippen LogP contribution is 2.57. The third-order valence-electron chi connectivity index (χ3n) is 9.49. The Labute approximate surface area is 279 Å². The highest BCUT2D eigenvalue weighted by Gasteiger charge is 2.52. The number of piperazine rings is 1. The van der Waals surface area contributed by atoms with E-state index in [0.29, 0.717) is 40.2 Å². The number of urea groups is 1. The minimum atomic E-state index is -5.86. The first-order valence-electron chi connectivity index (χ1n) is 15.0. The average molecular weight is 729 g/mol. The predicted molar refractivity (Wildman–Crippen MR) is 157 cm³/mol. The van der Waals surface area contributed by atoms with Gasteiger partial charge in [0.05, 0.1) is 11.6 Å². The van der Waals surface area contributed by atoms with Crippen LogP contribution >= 0.6 is 0 Å². The van der Waals surface area contributed by atoms with Crippen LogP contribution in [0, 0.1) is 12.7 Å². The summed E-state index contributed by atoms with van der Waals surface area (Å²) in [6.45, 7) is 4.15. The molecule has 50 heavy (non-hydrogen) atoms. The molecule has 0 aromatic heterocycles. The van der Waals surface area contributed by atoms with Crippen LogP contribution in [-0.4, -0.2) is 113 Å². The largest absolute Gasteiger partial charge is 0.507 e. The van der Waals surface area contributed by atoms with Crippen LogP contribution < -0.4 is 0 Å². The summed E-state index contributed by atoms with van der Waals surface area (Å²) < 4.78 is 97.5. The van der Waals surface area contributed by atoms with Crippen LogP contribution in [0.1, 0.15) is 60.5 Å². The van der Waals surface area contributed by atoms with Crippen molar-refractivity contribution in [3.05, 3.63) is 33.6 Å². The van der Waals surface area contributed by atoms with Gasteiger partial charge < -0.3 is 45.5 Å². The van der Waals surface area contributed by atoms with Crippen LogP contribution in [0.4, 0.5) is 35.5 Å². The van der Waals surface area contributed by atoms with Crippen molar-refractivity contribution < 1.29 is 76.1 Å². The fourth-order valence-corrected chi connectivity index (χ4v) is 6.65. The average Bonchev–Trinajstić information content (AvgIpc) is 3.00. The maximum Gasteiger partial charge on any atom is 0.423 e. The van der Waals surface area contributed by atoms with Crippen molar-refractivity contribution in [2.24, 2.45) is 0 Å². The second-order valence-electron chi connectivity index (χ2n) is 12.4. The Morgan fingerprint density at radius 3 is 1.70 bits per heavy atom. The Hall–Kier alpha value is -4.59. The zero-order valence-corrected chi connectivity index (χ0v) is 27.0. The van der Waals surface area contributed by atoms with Crippen LogP contribution in [0.5, 0.6) is 34.5 Å². The van der Waals surface area contributed by atoms with E-state index in [9.17, 15) is 76.1 Å². The number of likely N-dealkylation sites (tertiary alicyclic amines) is 1. The molecule has 0 bridgehead atoms. The first kappa shape index (κ1) is 38.2. The van der Waals surface area contributed by atoms with E-state index >= 15 is 0 Å². The van der Waals surface area contributed by atoms with Crippen LogP contribution in [0.3, 0.4) is 0 Å². The minimum absolute atomic E-state index is 0.118. The van der Waals surface area contributed by atoms with E-state index in [4.69, 9.17) is 0 Å². The molecule has 2 fully saturated rings. The maximum atomic E-state index is 14.5. The molecule has 2 aromatic rings. The van der Waals surface area contributed by atoms with Gasteiger partial charge in [0.15, 0.2) is 23.0 Å². The number of amides is 3. The van der Waals surface area contributed by atoms with Crippen LogP contribution in [0.25, 0.3) is 0 Å². The molecule has 0 aliphatic carbocycles. The lowest BCUT2D eigenvalue weighted by Crippen LogP contribution is -2.57. The summed E-state index contributed by atoms with van der Waals surface area (Å²) in [6.07, 6.45) is -11.7. The number of halogens is 7. The molecule has 2 aromatic carbocycles. The van der Waals surface area contributed by atoms with Gasteiger partial charge >= 0.3 is 18.4 Å². The van der Waals surface area contributed by atoms with E-state index in [-0.39, 0.29) is 41.3 Å². The van der Waals surface area contributed by atoms with Gasteiger partial charge in [-0.05, 0) is 26.7 Å². The van der Waals surface area contributed by atoms with E-state index in [1.165, 1.54) is 6.92 Å². The zero-order chi connectivity index (χ0) is 38.0. The zero-order valence-electron chi connectivity index (χ0n) is 27.0. The quantitative estimate of drug-likeness (QED) is 0.105. The predicted octanol–water partition coefficient (Wildman–Crippen LogP) is 3.99. The lowest BCUT2D eigenvalue weighted by molar-refractivity contribution is -0.147. The number of benzene rings is 2. The van der Waals surface area contributed by atoms with Gasteiger partial charge in [0, 0.05) is 63.9 Å². The second kappa shape index (κ2) is 12.9. The first-order chi connectivity index (χ1) is 22.8. The van der Waals surface area contributed by atoms with Gasteiger partial charge in [0.2, 0.25) is 11.7 Å². The van der Waals surface area contributed by atoms with Crippen molar-refractivity contribution in [3.63, 3.8) is 0 Å². The number of rotatable bonds is 4. The number of carbonyl (C=O) groups is 2. The molecule has 3 unspecified atom stereocenters. The van der Waals surface area contributed by atoms with Gasteiger partial charge in [0.25, 0.3) is 0 Å². The number of aliphatic hydroxyl groups is 1. The molecule has 7 N–H and O–H groups in total. The highest BCUT2D eigenvalue weighted by molar-refractivity contribution is 5.78. The molecule has 4 rings (SSSR count). The molecular weight excluding hydrogens is 693 g/mol. The number of carbonyl (C=O) groups excluding carboxylic acids is 2. The Morgan fingerprint density at radius 1 is 0.760 bits per heavy atom. The third kappa shape index (κ3) is 6.40. The standard InChI is InChI=1S/C30H35F7N4O9/c1-12-16(22(44)26(48)20(31)21(12)43)15-11-14(40-9-7-39(8-10-40)13(2)42)5-6-41(15)27(49)38(4)28(3,50)17-23(45)18(29(32,33)34)25(47)19(24(17)46)30(35,36)37/h14-15,43-48,50H,5-11H2,1-4H3. The molecule has 2 aliphatic rings. The van der Waals surface area contributed by atoms with Gasteiger partial charge in [-0.1, -0.05) is 0 Å². The van der Waals surface area contributed by atoms with Crippen molar-refractivity contribution in [3.8, 4) is 34.5 Å². The molecule has 0 saturated carbocycles. The van der Waals surface area contributed by atoms with Crippen LogP contribution in [-0.2, 0) is 22.9 Å². The Morgan fingerprint density at radius 2 is 1.24 bits per heavy atom. The van der Waals surface area contributed by atoms with Gasteiger partial charge in [-0.3, -0.25) is 14.6 Å². The van der Waals surface area contributed by atoms with E-state index in [1.807, 2.05) is 4.90 Å². The van der Waals surface area contributed by atoms with Gasteiger partial charge in [-0.25, -0.2) is 4.79 Å². The summed E-state index contributed by atoms with van der Waals surface area (Å²) in [5, 5.41) is 73.8. The molecule has 0 radical (unpaired) electrons. The van der Waals surface area contributed by atoms with Crippen molar-refractivity contribution >= 4 is 11.9 Å². The monoisotopic (exact) mass is 728 g/mol. The number of hydrogen-bond donors (Lipinski definition) is 7. The molecule has 3 atom stereocenters. The van der Waals surface area contributed by atoms with E-state index in [2.05, 4.69) is 0 Å². The molecular formula is C30H35F7N4O9. The van der Waals surface area contributed by atoms with Crippen molar-refractivity contribution in [1.82, 2.24) is 19.6 Å². The molecule has 2 saturated heterocycles. The number of aromatic hydroxyl groups is 6. The van der Waals surface area contributed by atoms with E-state index < -0.39 is 93.2 Å². The molecule has 13 nitrogen and oxygen atoms in total. The summed E-state index contributed by atoms with van der Waals surface area (Å²) >= 11 is 0. The fraction of sp³-hybridized carbons (Fsp3) is 0.533. The topological polar surface area (TPSA) is 189 Å². The van der Waals surface area contributed by atoms with Crippen molar-refractivity contribution in [1.29, 1.82) is 0 Å².